The van der Waals surface area contributed by atoms with Crippen LogP contribution in [0.3, 0.4) is 0 Å². The summed E-state index contributed by atoms with van der Waals surface area (Å²) in [6.07, 6.45) is -9.24. The SMILES string of the molecule is O=C(O)Cc1c(C(F)F)cnc(C(F)(F)F)c1O. The van der Waals surface area contributed by atoms with Crippen molar-refractivity contribution in [3.8, 4) is 5.75 Å². The Morgan fingerprint density at radius 1 is 1.39 bits per heavy atom. The van der Waals surface area contributed by atoms with Crippen molar-refractivity contribution in [1.82, 2.24) is 4.98 Å². The fourth-order valence-corrected chi connectivity index (χ4v) is 1.29. The Morgan fingerprint density at radius 2 is 1.94 bits per heavy atom. The lowest BCUT2D eigenvalue weighted by atomic mass is 10.0. The number of halogens is 5. The first kappa shape index (κ1) is 14.1. The first-order chi connectivity index (χ1) is 8.14. The van der Waals surface area contributed by atoms with E-state index in [1.165, 1.54) is 0 Å². The van der Waals surface area contributed by atoms with Gasteiger partial charge in [-0.1, -0.05) is 0 Å². The number of rotatable bonds is 3. The molecule has 0 amide bonds. The molecule has 9 heteroatoms. The molecule has 18 heavy (non-hydrogen) atoms. The predicted molar refractivity (Wildman–Crippen MR) is 47.2 cm³/mol. The topological polar surface area (TPSA) is 70.4 Å². The van der Waals surface area contributed by atoms with Crippen LogP contribution in [0.15, 0.2) is 6.20 Å². The third-order valence-corrected chi connectivity index (χ3v) is 2.02. The zero-order chi connectivity index (χ0) is 14.1. The molecule has 100 valence electrons. The minimum Gasteiger partial charge on any atom is -0.505 e. The van der Waals surface area contributed by atoms with E-state index in [2.05, 4.69) is 4.98 Å². The molecule has 0 unspecified atom stereocenters. The Balaban J connectivity index is 3.44. The minimum absolute atomic E-state index is 0.214. The van der Waals surface area contributed by atoms with E-state index >= 15 is 0 Å². The van der Waals surface area contributed by atoms with Crippen LogP contribution in [0.5, 0.6) is 5.75 Å². The molecule has 1 rings (SSSR count). The van der Waals surface area contributed by atoms with E-state index in [-0.39, 0.29) is 6.20 Å². The Morgan fingerprint density at radius 3 is 2.33 bits per heavy atom. The Bertz CT molecular complexity index is 472. The molecule has 1 aromatic rings. The lowest BCUT2D eigenvalue weighted by molar-refractivity contribution is -0.143. The van der Waals surface area contributed by atoms with Crippen molar-refractivity contribution in [3.05, 3.63) is 23.0 Å². The molecule has 0 aromatic carbocycles. The molecule has 0 bridgehead atoms. The van der Waals surface area contributed by atoms with E-state index in [0.717, 1.165) is 0 Å². The van der Waals surface area contributed by atoms with Crippen molar-refractivity contribution in [2.45, 2.75) is 19.0 Å². The van der Waals surface area contributed by atoms with E-state index in [0.29, 0.717) is 0 Å². The van der Waals surface area contributed by atoms with Gasteiger partial charge in [0.25, 0.3) is 6.43 Å². The van der Waals surface area contributed by atoms with E-state index in [1.807, 2.05) is 0 Å². The van der Waals surface area contributed by atoms with Gasteiger partial charge < -0.3 is 10.2 Å². The van der Waals surface area contributed by atoms with Gasteiger partial charge in [-0.3, -0.25) is 4.79 Å². The fraction of sp³-hybridized carbons (Fsp3) is 0.333. The van der Waals surface area contributed by atoms with E-state index in [1.54, 1.807) is 0 Å². The molecule has 0 radical (unpaired) electrons. The normalized spacial score (nSPS) is 11.9. The number of aromatic nitrogens is 1. The number of carboxylic acid groups (broad SMARTS) is 1. The maximum absolute atomic E-state index is 12.5. The first-order valence-electron chi connectivity index (χ1n) is 4.42. The average molecular weight is 271 g/mol. The first-order valence-corrected chi connectivity index (χ1v) is 4.42. The molecule has 1 aromatic heterocycles. The Kier molecular flexibility index (Phi) is 3.73. The molecular formula is C9H6F5NO3. The summed E-state index contributed by atoms with van der Waals surface area (Å²) in [6, 6.07) is 0. The molecule has 0 saturated heterocycles. The highest BCUT2D eigenvalue weighted by molar-refractivity contribution is 5.72. The van der Waals surface area contributed by atoms with E-state index in [4.69, 9.17) is 5.11 Å². The second-order valence-electron chi connectivity index (χ2n) is 3.26. The zero-order valence-electron chi connectivity index (χ0n) is 8.50. The lowest BCUT2D eigenvalue weighted by Gasteiger charge is -2.14. The average Bonchev–Trinajstić information content (AvgIpc) is 2.17. The van der Waals surface area contributed by atoms with Crippen LogP contribution in [-0.2, 0) is 17.4 Å². The van der Waals surface area contributed by atoms with Crippen LogP contribution in [0, 0.1) is 0 Å². The predicted octanol–water partition coefficient (Wildman–Crippen LogP) is 2.37. The number of pyridine rings is 1. The molecule has 0 saturated carbocycles. The number of hydrogen-bond donors (Lipinski definition) is 2. The summed E-state index contributed by atoms with van der Waals surface area (Å²) >= 11 is 0. The summed E-state index contributed by atoms with van der Waals surface area (Å²) < 4.78 is 61.9. The molecule has 0 aliphatic heterocycles. The number of hydrogen-bond acceptors (Lipinski definition) is 3. The van der Waals surface area contributed by atoms with Crippen LogP contribution >= 0.6 is 0 Å². The highest BCUT2D eigenvalue weighted by atomic mass is 19.4. The Hall–Kier alpha value is -1.93. The second kappa shape index (κ2) is 4.75. The van der Waals surface area contributed by atoms with Crippen LogP contribution < -0.4 is 0 Å². The number of alkyl halides is 5. The summed E-state index contributed by atoms with van der Waals surface area (Å²) in [4.78, 5) is 13.1. The molecule has 0 fully saturated rings. The minimum atomic E-state index is -5.06. The largest absolute Gasteiger partial charge is 0.505 e. The van der Waals surface area contributed by atoms with Crippen molar-refractivity contribution in [2.75, 3.05) is 0 Å². The molecule has 0 spiro atoms. The standard InChI is InChI=1S/C9H6F5NO3/c10-8(11)4-2-15-7(9(12,13)14)6(18)3(4)1-5(16)17/h2,8,18H,1H2,(H,16,17). The summed E-state index contributed by atoms with van der Waals surface area (Å²) in [7, 11) is 0. The van der Waals surface area contributed by atoms with Gasteiger partial charge in [-0.05, 0) is 0 Å². The number of nitrogens with zero attached hydrogens (tertiary/aromatic N) is 1. The molecule has 4 nitrogen and oxygen atoms in total. The van der Waals surface area contributed by atoms with Crippen molar-refractivity contribution in [2.24, 2.45) is 0 Å². The summed E-state index contributed by atoms with van der Waals surface area (Å²) in [5, 5.41) is 17.7. The summed E-state index contributed by atoms with van der Waals surface area (Å²) in [6.45, 7) is 0. The zero-order valence-corrected chi connectivity index (χ0v) is 8.50. The second-order valence-corrected chi connectivity index (χ2v) is 3.26. The number of carboxylic acids is 1. The third-order valence-electron chi connectivity index (χ3n) is 2.02. The smallest absolute Gasteiger partial charge is 0.437 e. The van der Waals surface area contributed by atoms with E-state index < -0.39 is 47.6 Å². The maximum Gasteiger partial charge on any atom is 0.437 e. The van der Waals surface area contributed by atoms with Crippen LogP contribution in [0.4, 0.5) is 22.0 Å². The van der Waals surface area contributed by atoms with Gasteiger partial charge in [0.1, 0.15) is 0 Å². The van der Waals surface area contributed by atoms with Crippen molar-refractivity contribution in [1.29, 1.82) is 0 Å². The van der Waals surface area contributed by atoms with Gasteiger partial charge in [0.2, 0.25) is 0 Å². The van der Waals surface area contributed by atoms with Crippen molar-refractivity contribution in [3.63, 3.8) is 0 Å². The highest BCUT2D eigenvalue weighted by Gasteiger charge is 2.38. The van der Waals surface area contributed by atoms with Gasteiger partial charge in [0.15, 0.2) is 11.4 Å². The monoisotopic (exact) mass is 271 g/mol. The van der Waals surface area contributed by atoms with Gasteiger partial charge in [-0.2, -0.15) is 13.2 Å². The van der Waals surface area contributed by atoms with Crippen molar-refractivity contribution < 1.29 is 37.0 Å². The molecular weight excluding hydrogens is 265 g/mol. The number of carbonyl (C=O) groups is 1. The van der Waals surface area contributed by atoms with Crippen LogP contribution in [0.1, 0.15) is 23.2 Å². The molecule has 0 aliphatic carbocycles. The fourth-order valence-electron chi connectivity index (χ4n) is 1.29. The quantitative estimate of drug-likeness (QED) is 0.828. The van der Waals surface area contributed by atoms with Gasteiger partial charge in [0, 0.05) is 17.3 Å². The summed E-state index contributed by atoms with van der Waals surface area (Å²) in [5.74, 6) is -3.23. The molecule has 0 atom stereocenters. The molecule has 1 heterocycles. The van der Waals surface area contributed by atoms with Gasteiger partial charge >= 0.3 is 12.1 Å². The highest BCUT2D eigenvalue weighted by Crippen LogP contribution is 2.39. The Labute approximate surface area is 96.7 Å². The van der Waals surface area contributed by atoms with Crippen LogP contribution in [0.2, 0.25) is 0 Å². The van der Waals surface area contributed by atoms with E-state index in [9.17, 15) is 31.9 Å². The molecule has 2 N–H and O–H groups in total. The number of aromatic hydroxyl groups is 1. The third kappa shape index (κ3) is 2.84. The number of aliphatic carboxylic acids is 1. The summed E-state index contributed by atoms with van der Waals surface area (Å²) in [5.41, 5.74) is -3.81. The van der Waals surface area contributed by atoms with Gasteiger partial charge in [-0.15, -0.1) is 0 Å². The van der Waals surface area contributed by atoms with Gasteiger partial charge in [-0.25, -0.2) is 13.8 Å². The molecule has 0 aliphatic rings. The van der Waals surface area contributed by atoms with Crippen LogP contribution in [0.25, 0.3) is 0 Å². The van der Waals surface area contributed by atoms with Crippen LogP contribution in [-0.4, -0.2) is 21.2 Å². The lowest BCUT2D eigenvalue weighted by Crippen LogP contribution is -2.13. The maximum atomic E-state index is 12.5. The van der Waals surface area contributed by atoms with Gasteiger partial charge in [0.05, 0.1) is 6.42 Å². The van der Waals surface area contributed by atoms with Crippen molar-refractivity contribution >= 4 is 5.97 Å².